The molecule has 0 saturated heterocycles. The van der Waals surface area contributed by atoms with Crippen molar-refractivity contribution in [3.63, 3.8) is 0 Å². The molecule has 27 heavy (non-hydrogen) atoms. The second-order valence-electron chi connectivity index (χ2n) is 5.47. The molecule has 0 aliphatic rings. The van der Waals surface area contributed by atoms with Gasteiger partial charge in [-0.3, -0.25) is 9.63 Å². The molecule has 0 aliphatic carbocycles. The molecular weight excluding hydrogens is 493 g/mol. The Morgan fingerprint density at radius 1 is 1.22 bits per heavy atom. The molecule has 0 bridgehead atoms. The lowest BCUT2D eigenvalue weighted by Crippen LogP contribution is -2.26. The first-order valence-corrected chi connectivity index (χ1v) is 9.51. The number of carbonyl (C=O) groups excluding carboxylic acids is 1. The van der Waals surface area contributed by atoms with E-state index in [1.165, 1.54) is 0 Å². The molecule has 0 unspecified atom stereocenters. The summed E-state index contributed by atoms with van der Waals surface area (Å²) in [5.41, 5.74) is 2.99. The normalized spacial score (nSPS) is 10.7. The van der Waals surface area contributed by atoms with Crippen molar-refractivity contribution >= 4 is 51.5 Å². The monoisotopic (exact) mass is 510 g/mol. The van der Waals surface area contributed by atoms with Crippen molar-refractivity contribution in [2.45, 2.75) is 13.8 Å². The van der Waals surface area contributed by atoms with E-state index in [4.69, 9.17) is 21.2 Å². The predicted molar refractivity (Wildman–Crippen MR) is 108 cm³/mol. The highest BCUT2D eigenvalue weighted by atomic mass is 127. The highest BCUT2D eigenvalue weighted by Crippen LogP contribution is 2.32. The van der Waals surface area contributed by atoms with Crippen molar-refractivity contribution in [2.75, 3.05) is 25.1 Å². The third kappa shape index (κ3) is 5.74. The van der Waals surface area contributed by atoms with Gasteiger partial charge in [0.25, 0.3) is 5.91 Å². The second-order valence-corrected chi connectivity index (χ2v) is 7.12. The number of aryl methyl sites for hydroxylation is 1. The minimum Gasteiger partial charge on any atom is -0.379 e. The molecule has 0 radical (unpaired) electrons. The van der Waals surface area contributed by atoms with E-state index >= 15 is 0 Å². The Hall–Kier alpha value is -1.49. The summed E-state index contributed by atoms with van der Waals surface area (Å²) in [6.45, 7) is 4.54. The molecule has 5 nitrogen and oxygen atoms in total. The SMILES string of the molecule is CCOCCONC(=O)c1cc(Cl)c(F)c(F)c1Nc1ccc(I)cc1C. The number of ether oxygens (including phenoxy) is 1. The van der Waals surface area contributed by atoms with Crippen LogP contribution in [0.1, 0.15) is 22.8 Å². The molecule has 0 aromatic heterocycles. The number of hydrogen-bond acceptors (Lipinski definition) is 4. The molecule has 0 spiro atoms. The van der Waals surface area contributed by atoms with Crippen LogP contribution in [-0.4, -0.2) is 25.7 Å². The van der Waals surface area contributed by atoms with E-state index < -0.39 is 22.6 Å². The van der Waals surface area contributed by atoms with Gasteiger partial charge in [-0.05, 0) is 66.3 Å². The van der Waals surface area contributed by atoms with Crippen LogP contribution >= 0.6 is 34.2 Å². The van der Waals surface area contributed by atoms with Crippen LogP contribution in [0.15, 0.2) is 24.3 Å². The van der Waals surface area contributed by atoms with E-state index in [0.717, 1.165) is 15.2 Å². The molecule has 0 fully saturated rings. The van der Waals surface area contributed by atoms with Gasteiger partial charge < -0.3 is 10.1 Å². The first-order valence-electron chi connectivity index (χ1n) is 8.05. The van der Waals surface area contributed by atoms with Gasteiger partial charge in [-0.15, -0.1) is 0 Å². The zero-order valence-electron chi connectivity index (χ0n) is 14.7. The molecule has 2 aromatic carbocycles. The van der Waals surface area contributed by atoms with Crippen molar-refractivity contribution in [3.8, 4) is 0 Å². The smallest absolute Gasteiger partial charge is 0.277 e. The highest BCUT2D eigenvalue weighted by molar-refractivity contribution is 14.1. The number of benzene rings is 2. The Balaban J connectivity index is 2.29. The van der Waals surface area contributed by atoms with E-state index in [2.05, 4.69) is 33.4 Å². The molecule has 0 aliphatic heterocycles. The number of amides is 1. The number of carbonyl (C=O) groups is 1. The number of rotatable bonds is 8. The van der Waals surface area contributed by atoms with Gasteiger partial charge in [0, 0.05) is 15.9 Å². The fourth-order valence-electron chi connectivity index (χ4n) is 2.21. The van der Waals surface area contributed by atoms with Crippen LogP contribution in [0.3, 0.4) is 0 Å². The largest absolute Gasteiger partial charge is 0.379 e. The Morgan fingerprint density at radius 3 is 2.63 bits per heavy atom. The van der Waals surface area contributed by atoms with Crippen molar-refractivity contribution in [1.29, 1.82) is 0 Å². The first kappa shape index (κ1) is 21.8. The highest BCUT2D eigenvalue weighted by Gasteiger charge is 2.23. The zero-order chi connectivity index (χ0) is 20.0. The molecule has 0 saturated carbocycles. The summed E-state index contributed by atoms with van der Waals surface area (Å²) in [4.78, 5) is 17.4. The van der Waals surface area contributed by atoms with Crippen LogP contribution < -0.4 is 10.8 Å². The lowest BCUT2D eigenvalue weighted by Gasteiger charge is -2.16. The van der Waals surface area contributed by atoms with Crippen LogP contribution in [0.2, 0.25) is 5.02 Å². The standard InChI is InChI=1S/C18H18ClF2IN2O3/c1-3-26-6-7-27-24-18(25)12-9-13(19)15(20)16(21)17(12)23-14-5-4-11(22)8-10(14)2/h4-5,8-9,23H,3,6-7H2,1-2H3,(H,24,25). The minimum atomic E-state index is -1.25. The van der Waals surface area contributed by atoms with Gasteiger partial charge in [0.1, 0.15) is 0 Å². The number of anilines is 2. The topological polar surface area (TPSA) is 59.6 Å². The fourth-order valence-corrected chi connectivity index (χ4v) is 3.05. The van der Waals surface area contributed by atoms with Crippen LogP contribution in [0.25, 0.3) is 0 Å². The van der Waals surface area contributed by atoms with Gasteiger partial charge in [-0.2, -0.15) is 0 Å². The Kier molecular flexibility index (Phi) is 8.21. The number of hydrogen-bond donors (Lipinski definition) is 2. The maximum Gasteiger partial charge on any atom is 0.277 e. The summed E-state index contributed by atoms with van der Waals surface area (Å²) in [5, 5.41) is 2.28. The van der Waals surface area contributed by atoms with Crippen molar-refractivity contribution in [2.24, 2.45) is 0 Å². The summed E-state index contributed by atoms with van der Waals surface area (Å²) in [6, 6.07) is 6.43. The van der Waals surface area contributed by atoms with Gasteiger partial charge in [-0.25, -0.2) is 14.3 Å². The molecule has 1 amide bonds. The molecule has 2 aromatic rings. The molecule has 2 rings (SSSR count). The quantitative estimate of drug-likeness (QED) is 0.228. The summed E-state index contributed by atoms with van der Waals surface area (Å²) in [5.74, 6) is -3.26. The van der Waals surface area contributed by atoms with Crippen LogP contribution in [0.5, 0.6) is 0 Å². The average molecular weight is 511 g/mol. The van der Waals surface area contributed by atoms with Gasteiger partial charge in [0.15, 0.2) is 11.6 Å². The lowest BCUT2D eigenvalue weighted by atomic mass is 10.1. The fraction of sp³-hybridized carbons (Fsp3) is 0.278. The minimum absolute atomic E-state index is 0.107. The van der Waals surface area contributed by atoms with Crippen LogP contribution in [0, 0.1) is 22.1 Å². The maximum atomic E-state index is 14.5. The van der Waals surface area contributed by atoms with E-state index in [1.54, 1.807) is 12.1 Å². The van der Waals surface area contributed by atoms with Gasteiger partial charge >= 0.3 is 0 Å². The Bertz CT molecular complexity index is 837. The third-order valence-corrected chi connectivity index (χ3v) is 4.50. The third-order valence-electron chi connectivity index (χ3n) is 3.55. The van der Waals surface area contributed by atoms with Gasteiger partial charge in [-0.1, -0.05) is 11.6 Å². The molecule has 9 heteroatoms. The van der Waals surface area contributed by atoms with Crippen LogP contribution in [-0.2, 0) is 9.57 Å². The average Bonchev–Trinajstić information content (AvgIpc) is 2.63. The maximum absolute atomic E-state index is 14.5. The zero-order valence-corrected chi connectivity index (χ0v) is 17.6. The summed E-state index contributed by atoms with van der Waals surface area (Å²) in [6.07, 6.45) is 0. The van der Waals surface area contributed by atoms with Gasteiger partial charge in [0.05, 0.1) is 29.5 Å². The molecule has 2 N–H and O–H groups in total. The van der Waals surface area contributed by atoms with Crippen LogP contribution in [0.4, 0.5) is 20.2 Å². The second kappa shape index (κ2) is 10.2. The van der Waals surface area contributed by atoms with E-state index in [1.807, 2.05) is 19.9 Å². The van der Waals surface area contributed by atoms with E-state index in [0.29, 0.717) is 12.3 Å². The molecule has 0 heterocycles. The molecule has 0 atom stereocenters. The number of hydroxylamine groups is 1. The van der Waals surface area contributed by atoms with Gasteiger partial charge in [0.2, 0.25) is 0 Å². The Morgan fingerprint density at radius 2 is 1.96 bits per heavy atom. The first-order chi connectivity index (χ1) is 12.8. The summed E-state index contributed by atoms with van der Waals surface area (Å²) in [7, 11) is 0. The lowest BCUT2D eigenvalue weighted by molar-refractivity contribution is 0.00169. The van der Waals surface area contributed by atoms with Crippen molar-refractivity contribution in [1.82, 2.24) is 5.48 Å². The Labute approximate surface area is 174 Å². The molecular formula is C18H18ClF2IN2O3. The predicted octanol–water partition coefficient (Wildman–Crippen LogP) is 4.97. The summed E-state index contributed by atoms with van der Waals surface area (Å²) < 4.78 is 34.5. The van der Waals surface area contributed by atoms with Crippen molar-refractivity contribution in [3.05, 3.63) is 55.6 Å². The number of halogens is 4. The number of nitrogens with one attached hydrogen (secondary N) is 2. The molecule has 146 valence electrons. The summed E-state index contributed by atoms with van der Waals surface area (Å²) >= 11 is 7.85. The van der Waals surface area contributed by atoms with E-state index in [9.17, 15) is 13.6 Å². The van der Waals surface area contributed by atoms with E-state index in [-0.39, 0.29) is 24.5 Å². The van der Waals surface area contributed by atoms with Crippen molar-refractivity contribution < 1.29 is 23.1 Å².